The number of hydrogen-bond donors (Lipinski definition) is 3. The molecule has 0 saturated carbocycles. The second-order valence-corrected chi connectivity index (χ2v) is 4.99. The Morgan fingerprint density at radius 3 is 2.84 bits per heavy atom. The minimum absolute atomic E-state index is 0.0150. The van der Waals surface area contributed by atoms with E-state index >= 15 is 0 Å². The molecule has 1 heterocycles. The van der Waals surface area contributed by atoms with E-state index in [1.165, 1.54) is 11.8 Å². The van der Waals surface area contributed by atoms with E-state index in [0.717, 1.165) is 6.42 Å². The fraction of sp³-hybridized carbons (Fsp3) is 0.636. The summed E-state index contributed by atoms with van der Waals surface area (Å²) in [5.41, 5.74) is 0. The topological polar surface area (TPSA) is 108 Å². The maximum absolute atomic E-state index is 11.8. The first-order valence-electron chi connectivity index (χ1n) is 6.02. The molecule has 19 heavy (non-hydrogen) atoms. The van der Waals surface area contributed by atoms with Crippen molar-refractivity contribution in [3.05, 3.63) is 11.6 Å². The summed E-state index contributed by atoms with van der Waals surface area (Å²) in [4.78, 5) is 26.8. The first kappa shape index (κ1) is 15.5. The largest absolute Gasteiger partial charge is 0.480 e. The van der Waals surface area contributed by atoms with E-state index in [9.17, 15) is 9.59 Å². The molecule has 0 aliphatic carbocycles. The summed E-state index contributed by atoms with van der Waals surface area (Å²) in [5.74, 6) is -0.340. The number of rotatable bonds is 8. The van der Waals surface area contributed by atoms with Gasteiger partial charge in [-0.05, 0) is 24.9 Å². The predicted molar refractivity (Wildman–Crippen MR) is 72.3 cm³/mol. The van der Waals surface area contributed by atoms with E-state index in [-0.39, 0.29) is 5.82 Å². The Morgan fingerprint density at radius 1 is 1.53 bits per heavy atom. The zero-order valence-corrected chi connectivity index (χ0v) is 11.8. The van der Waals surface area contributed by atoms with Crippen molar-refractivity contribution in [1.29, 1.82) is 0 Å². The van der Waals surface area contributed by atoms with Crippen LogP contribution in [-0.4, -0.2) is 50.2 Å². The molecule has 7 nitrogen and oxygen atoms in total. The van der Waals surface area contributed by atoms with Gasteiger partial charge in [0, 0.05) is 6.42 Å². The van der Waals surface area contributed by atoms with Crippen LogP contribution in [0.3, 0.4) is 0 Å². The Labute approximate surface area is 115 Å². The molecule has 0 unspecified atom stereocenters. The lowest BCUT2D eigenvalue weighted by molar-refractivity contribution is -0.139. The van der Waals surface area contributed by atoms with Gasteiger partial charge < -0.3 is 10.4 Å². The molecule has 0 saturated heterocycles. The first-order chi connectivity index (χ1) is 9.08. The first-order valence-corrected chi connectivity index (χ1v) is 7.41. The molecule has 0 aromatic carbocycles. The van der Waals surface area contributed by atoms with Gasteiger partial charge in [-0.15, -0.1) is 5.10 Å². The molecule has 0 spiro atoms. The molecule has 0 radical (unpaired) electrons. The molecule has 1 amide bonds. The highest BCUT2D eigenvalue weighted by Crippen LogP contribution is 2.03. The molecule has 1 aromatic heterocycles. The fourth-order valence-electron chi connectivity index (χ4n) is 1.46. The van der Waals surface area contributed by atoms with E-state index < -0.39 is 17.9 Å². The number of carboxylic acids is 1. The van der Waals surface area contributed by atoms with Crippen molar-refractivity contribution in [1.82, 2.24) is 20.5 Å². The van der Waals surface area contributed by atoms with E-state index in [1.807, 2.05) is 13.2 Å². The van der Waals surface area contributed by atoms with Crippen LogP contribution in [0.5, 0.6) is 0 Å². The molecule has 0 bridgehead atoms. The number of aromatic amines is 1. The summed E-state index contributed by atoms with van der Waals surface area (Å²) < 4.78 is 0. The van der Waals surface area contributed by atoms with Crippen LogP contribution in [0.2, 0.25) is 0 Å². The molecular formula is C11H18N4O3S. The highest BCUT2D eigenvalue weighted by Gasteiger charge is 2.22. The van der Waals surface area contributed by atoms with E-state index in [4.69, 9.17) is 5.11 Å². The maximum Gasteiger partial charge on any atom is 0.326 e. The van der Waals surface area contributed by atoms with Crippen LogP contribution in [0, 0.1) is 0 Å². The summed E-state index contributed by atoms with van der Waals surface area (Å²) in [6, 6.07) is -0.909. The number of aliphatic carboxylic acids is 1. The number of aryl methyl sites for hydroxylation is 1. The third-order valence-corrected chi connectivity index (χ3v) is 3.08. The van der Waals surface area contributed by atoms with Gasteiger partial charge in [0.1, 0.15) is 11.9 Å². The normalized spacial score (nSPS) is 12.1. The van der Waals surface area contributed by atoms with E-state index in [0.29, 0.717) is 24.4 Å². The minimum atomic E-state index is -1.05. The standard InChI is InChI=1S/C11H18N4O3S/c1-3-4-8-13-9(15-14-8)10(16)12-7(11(17)18)5-6-19-2/h7H,3-6H2,1-2H3,(H,12,16)(H,17,18)(H,13,14,15)/t7-/m0/s1. The zero-order chi connectivity index (χ0) is 14.3. The van der Waals surface area contributed by atoms with Gasteiger partial charge in [-0.2, -0.15) is 11.8 Å². The molecule has 106 valence electrons. The summed E-state index contributed by atoms with van der Waals surface area (Å²) in [6.45, 7) is 1.99. The average Bonchev–Trinajstić information content (AvgIpc) is 2.83. The van der Waals surface area contributed by atoms with Crippen LogP contribution < -0.4 is 5.32 Å². The van der Waals surface area contributed by atoms with E-state index in [1.54, 1.807) is 0 Å². The Balaban J connectivity index is 2.62. The lowest BCUT2D eigenvalue weighted by Gasteiger charge is -2.12. The quantitative estimate of drug-likeness (QED) is 0.649. The van der Waals surface area contributed by atoms with Gasteiger partial charge in [0.15, 0.2) is 0 Å². The number of nitrogens with zero attached hydrogens (tertiary/aromatic N) is 2. The van der Waals surface area contributed by atoms with Gasteiger partial charge >= 0.3 is 5.97 Å². The number of nitrogens with one attached hydrogen (secondary N) is 2. The molecule has 8 heteroatoms. The van der Waals surface area contributed by atoms with Crippen molar-refractivity contribution in [2.75, 3.05) is 12.0 Å². The van der Waals surface area contributed by atoms with Gasteiger partial charge in [-0.25, -0.2) is 9.78 Å². The lowest BCUT2D eigenvalue weighted by atomic mass is 10.2. The number of carbonyl (C=O) groups is 2. The fourth-order valence-corrected chi connectivity index (χ4v) is 1.93. The van der Waals surface area contributed by atoms with Crippen molar-refractivity contribution in [3.8, 4) is 0 Å². The van der Waals surface area contributed by atoms with Crippen LogP contribution in [0.15, 0.2) is 0 Å². The monoisotopic (exact) mass is 286 g/mol. The highest BCUT2D eigenvalue weighted by molar-refractivity contribution is 7.98. The number of hydrogen-bond acceptors (Lipinski definition) is 5. The molecular weight excluding hydrogens is 268 g/mol. The molecule has 3 N–H and O–H groups in total. The molecule has 0 aliphatic rings. The van der Waals surface area contributed by atoms with Gasteiger partial charge in [-0.3, -0.25) is 9.89 Å². The molecule has 0 fully saturated rings. The molecule has 1 rings (SSSR count). The summed E-state index contributed by atoms with van der Waals surface area (Å²) >= 11 is 1.53. The predicted octanol–water partition coefficient (Wildman–Crippen LogP) is 0.693. The molecule has 1 atom stereocenters. The lowest BCUT2D eigenvalue weighted by Crippen LogP contribution is -2.41. The second kappa shape index (κ2) is 7.78. The third kappa shape index (κ3) is 4.90. The average molecular weight is 286 g/mol. The van der Waals surface area contributed by atoms with Gasteiger partial charge in [0.25, 0.3) is 5.91 Å². The summed E-state index contributed by atoms with van der Waals surface area (Å²) in [7, 11) is 0. The van der Waals surface area contributed by atoms with Crippen molar-refractivity contribution in [3.63, 3.8) is 0 Å². The minimum Gasteiger partial charge on any atom is -0.480 e. The number of thioether (sulfide) groups is 1. The zero-order valence-electron chi connectivity index (χ0n) is 11.0. The number of carboxylic acid groups (broad SMARTS) is 1. The van der Waals surface area contributed by atoms with Crippen LogP contribution in [-0.2, 0) is 11.2 Å². The van der Waals surface area contributed by atoms with Crippen LogP contribution in [0.4, 0.5) is 0 Å². The van der Waals surface area contributed by atoms with Crippen LogP contribution in [0.25, 0.3) is 0 Å². The Hall–Kier alpha value is -1.57. The molecule has 0 aliphatic heterocycles. The Bertz CT molecular complexity index is 435. The van der Waals surface area contributed by atoms with Crippen molar-refractivity contribution in [2.45, 2.75) is 32.2 Å². The number of aromatic nitrogens is 3. The smallest absolute Gasteiger partial charge is 0.326 e. The van der Waals surface area contributed by atoms with Crippen LogP contribution in [0.1, 0.15) is 36.2 Å². The molecule has 1 aromatic rings. The van der Waals surface area contributed by atoms with Gasteiger partial charge in [-0.1, -0.05) is 6.92 Å². The van der Waals surface area contributed by atoms with E-state index in [2.05, 4.69) is 20.5 Å². The number of carbonyl (C=O) groups excluding carboxylic acids is 1. The maximum atomic E-state index is 11.8. The second-order valence-electron chi connectivity index (χ2n) is 4.00. The highest BCUT2D eigenvalue weighted by atomic mass is 32.2. The number of amides is 1. The Morgan fingerprint density at radius 2 is 2.26 bits per heavy atom. The van der Waals surface area contributed by atoms with Gasteiger partial charge in [0.05, 0.1) is 0 Å². The number of H-pyrrole nitrogens is 1. The van der Waals surface area contributed by atoms with Gasteiger partial charge in [0.2, 0.25) is 5.82 Å². The summed E-state index contributed by atoms with van der Waals surface area (Å²) in [6.07, 6.45) is 3.85. The van der Waals surface area contributed by atoms with Crippen molar-refractivity contribution in [2.24, 2.45) is 0 Å². The van der Waals surface area contributed by atoms with Crippen molar-refractivity contribution < 1.29 is 14.7 Å². The third-order valence-electron chi connectivity index (χ3n) is 2.44. The summed E-state index contributed by atoms with van der Waals surface area (Å²) in [5, 5.41) is 17.9. The Kier molecular flexibility index (Phi) is 6.34. The van der Waals surface area contributed by atoms with Crippen molar-refractivity contribution >= 4 is 23.6 Å². The van der Waals surface area contributed by atoms with Crippen LogP contribution >= 0.6 is 11.8 Å². The SMILES string of the molecule is CCCc1nc(C(=O)N[C@@H](CCSC)C(=O)O)n[nH]1.